The van der Waals surface area contributed by atoms with Crippen molar-refractivity contribution in [1.29, 1.82) is 0 Å². The van der Waals surface area contributed by atoms with Crippen LogP contribution in [0.15, 0.2) is 12.1 Å². The van der Waals surface area contributed by atoms with E-state index in [9.17, 15) is 0 Å². The van der Waals surface area contributed by atoms with Crippen LogP contribution in [-0.2, 0) is 5.75 Å². The van der Waals surface area contributed by atoms with Crippen LogP contribution in [-0.4, -0.2) is 15.4 Å². The molecule has 14 heavy (non-hydrogen) atoms. The Kier molecular flexibility index (Phi) is 4.69. The maximum atomic E-state index is 5.64. The van der Waals surface area contributed by atoms with Gasteiger partial charge in [0.25, 0.3) is 0 Å². The number of aromatic nitrogens is 2. The van der Waals surface area contributed by atoms with E-state index in [4.69, 9.17) is 11.6 Å². The normalized spacial score (nSPS) is 13.2. The molecule has 78 valence electrons. The van der Waals surface area contributed by atoms with Gasteiger partial charge in [0.1, 0.15) is 0 Å². The third-order valence-electron chi connectivity index (χ3n) is 2.12. The molecule has 1 rings (SSSR count). The highest BCUT2D eigenvalue weighted by atomic mass is 35.5. The SMILES string of the molecule is CC(C)C(C)SCc1ccc(Cl)nn1. The minimum atomic E-state index is 0.454. The second-order valence-corrected chi connectivity index (χ2v) is 5.36. The maximum absolute atomic E-state index is 5.64. The second kappa shape index (κ2) is 5.56. The summed E-state index contributed by atoms with van der Waals surface area (Å²) in [5, 5.41) is 8.91. The zero-order chi connectivity index (χ0) is 10.6. The van der Waals surface area contributed by atoms with Gasteiger partial charge in [-0.3, -0.25) is 0 Å². The first-order valence-corrected chi connectivity index (χ1v) is 6.12. The Morgan fingerprint density at radius 1 is 1.29 bits per heavy atom. The summed E-state index contributed by atoms with van der Waals surface area (Å²) in [6.45, 7) is 6.69. The van der Waals surface area contributed by atoms with Crippen molar-refractivity contribution in [1.82, 2.24) is 10.2 Å². The number of halogens is 1. The van der Waals surface area contributed by atoms with Crippen LogP contribution in [0.4, 0.5) is 0 Å². The highest BCUT2D eigenvalue weighted by molar-refractivity contribution is 7.99. The first-order valence-electron chi connectivity index (χ1n) is 4.69. The lowest BCUT2D eigenvalue weighted by Gasteiger charge is -2.13. The molecule has 0 radical (unpaired) electrons. The summed E-state index contributed by atoms with van der Waals surface area (Å²) in [6.07, 6.45) is 0. The summed E-state index contributed by atoms with van der Waals surface area (Å²) in [7, 11) is 0. The minimum Gasteiger partial charge on any atom is -0.153 e. The zero-order valence-corrected chi connectivity index (χ0v) is 10.3. The molecule has 0 saturated carbocycles. The smallest absolute Gasteiger partial charge is 0.151 e. The highest BCUT2D eigenvalue weighted by Crippen LogP contribution is 2.22. The summed E-state index contributed by atoms with van der Waals surface area (Å²) in [5.41, 5.74) is 0.993. The lowest BCUT2D eigenvalue weighted by atomic mass is 10.2. The van der Waals surface area contributed by atoms with Gasteiger partial charge in [-0.1, -0.05) is 32.4 Å². The molecule has 1 aromatic heterocycles. The topological polar surface area (TPSA) is 25.8 Å². The molecule has 1 unspecified atom stereocenters. The average Bonchev–Trinajstić information content (AvgIpc) is 2.16. The average molecular weight is 231 g/mol. The van der Waals surface area contributed by atoms with Crippen molar-refractivity contribution in [2.75, 3.05) is 0 Å². The van der Waals surface area contributed by atoms with Crippen LogP contribution < -0.4 is 0 Å². The van der Waals surface area contributed by atoms with Gasteiger partial charge in [0.05, 0.1) is 5.69 Å². The molecule has 0 saturated heterocycles. The molecule has 0 spiro atoms. The maximum Gasteiger partial charge on any atom is 0.151 e. The monoisotopic (exact) mass is 230 g/mol. The Morgan fingerprint density at radius 2 is 2.00 bits per heavy atom. The van der Waals surface area contributed by atoms with Gasteiger partial charge in [0.2, 0.25) is 0 Å². The van der Waals surface area contributed by atoms with Crippen LogP contribution in [0.3, 0.4) is 0 Å². The van der Waals surface area contributed by atoms with Crippen molar-refractivity contribution in [3.63, 3.8) is 0 Å². The molecule has 0 bridgehead atoms. The van der Waals surface area contributed by atoms with E-state index in [1.54, 1.807) is 6.07 Å². The fourth-order valence-electron chi connectivity index (χ4n) is 0.830. The molecule has 2 nitrogen and oxygen atoms in total. The van der Waals surface area contributed by atoms with Crippen molar-refractivity contribution in [3.8, 4) is 0 Å². The third kappa shape index (κ3) is 3.84. The van der Waals surface area contributed by atoms with E-state index in [2.05, 4.69) is 31.0 Å². The molecule has 1 heterocycles. The van der Waals surface area contributed by atoms with Gasteiger partial charge in [-0.2, -0.15) is 16.9 Å². The second-order valence-electron chi connectivity index (χ2n) is 3.61. The Labute approximate surface area is 94.5 Å². The number of thioether (sulfide) groups is 1. The predicted molar refractivity (Wildman–Crippen MR) is 62.6 cm³/mol. The molecule has 1 aromatic rings. The van der Waals surface area contributed by atoms with Crippen molar-refractivity contribution >= 4 is 23.4 Å². The van der Waals surface area contributed by atoms with Crippen LogP contribution in [0.25, 0.3) is 0 Å². The van der Waals surface area contributed by atoms with Crippen molar-refractivity contribution < 1.29 is 0 Å². The first-order chi connectivity index (χ1) is 6.59. The van der Waals surface area contributed by atoms with Crippen molar-refractivity contribution in [2.45, 2.75) is 31.8 Å². The Bertz CT molecular complexity index is 274. The van der Waals surface area contributed by atoms with Crippen LogP contribution in [0.1, 0.15) is 26.5 Å². The van der Waals surface area contributed by atoms with E-state index in [-0.39, 0.29) is 0 Å². The van der Waals surface area contributed by atoms with Gasteiger partial charge in [-0.25, -0.2) is 0 Å². The highest BCUT2D eigenvalue weighted by Gasteiger charge is 2.07. The van der Waals surface area contributed by atoms with E-state index in [0.29, 0.717) is 16.3 Å². The van der Waals surface area contributed by atoms with E-state index < -0.39 is 0 Å². The van der Waals surface area contributed by atoms with Gasteiger partial charge in [0.15, 0.2) is 5.15 Å². The molecular formula is C10H15ClN2S. The lowest BCUT2D eigenvalue weighted by Crippen LogP contribution is -2.06. The van der Waals surface area contributed by atoms with E-state index in [1.807, 2.05) is 17.8 Å². The predicted octanol–water partition coefficient (Wildman–Crippen LogP) is 3.41. The lowest BCUT2D eigenvalue weighted by molar-refractivity contribution is 0.642. The van der Waals surface area contributed by atoms with Gasteiger partial charge in [0, 0.05) is 11.0 Å². The molecule has 0 fully saturated rings. The van der Waals surface area contributed by atoms with Gasteiger partial charge >= 0.3 is 0 Å². The third-order valence-corrected chi connectivity index (χ3v) is 3.85. The Hall–Kier alpha value is -0.280. The standard InChI is InChI=1S/C10H15ClN2S/c1-7(2)8(3)14-6-9-4-5-10(11)13-12-9/h4-5,7-8H,6H2,1-3H3. The summed E-state index contributed by atoms with van der Waals surface area (Å²) < 4.78 is 0. The first kappa shape index (κ1) is 11.8. The number of rotatable bonds is 4. The molecule has 0 amide bonds. The van der Waals surface area contributed by atoms with Gasteiger partial charge in [-0.05, 0) is 18.1 Å². The minimum absolute atomic E-state index is 0.454. The van der Waals surface area contributed by atoms with E-state index >= 15 is 0 Å². The summed E-state index contributed by atoms with van der Waals surface area (Å²) in [5.74, 6) is 1.60. The molecular weight excluding hydrogens is 216 g/mol. The molecule has 0 aliphatic carbocycles. The number of hydrogen-bond acceptors (Lipinski definition) is 3. The molecule has 1 atom stereocenters. The zero-order valence-electron chi connectivity index (χ0n) is 8.70. The van der Waals surface area contributed by atoms with Crippen LogP contribution in [0, 0.1) is 5.92 Å². The van der Waals surface area contributed by atoms with Crippen molar-refractivity contribution in [3.05, 3.63) is 23.0 Å². The largest absolute Gasteiger partial charge is 0.153 e. The van der Waals surface area contributed by atoms with Crippen LogP contribution in [0.2, 0.25) is 5.15 Å². The fourth-order valence-corrected chi connectivity index (χ4v) is 1.90. The fraction of sp³-hybridized carbons (Fsp3) is 0.600. The molecule has 0 aliphatic rings. The summed E-state index contributed by atoms with van der Waals surface area (Å²) in [6, 6.07) is 3.71. The van der Waals surface area contributed by atoms with E-state index in [1.165, 1.54) is 0 Å². The van der Waals surface area contributed by atoms with Crippen molar-refractivity contribution in [2.24, 2.45) is 5.92 Å². The van der Waals surface area contributed by atoms with Gasteiger partial charge in [-0.15, -0.1) is 5.10 Å². The Morgan fingerprint density at radius 3 is 2.50 bits per heavy atom. The van der Waals surface area contributed by atoms with Crippen LogP contribution >= 0.6 is 23.4 Å². The quantitative estimate of drug-likeness (QED) is 0.793. The van der Waals surface area contributed by atoms with Gasteiger partial charge < -0.3 is 0 Å². The van der Waals surface area contributed by atoms with Crippen LogP contribution in [0.5, 0.6) is 0 Å². The van der Waals surface area contributed by atoms with E-state index in [0.717, 1.165) is 11.4 Å². The molecule has 0 aromatic carbocycles. The summed E-state index contributed by atoms with van der Waals surface area (Å²) in [4.78, 5) is 0. The Balaban J connectivity index is 2.42. The number of nitrogens with zero attached hydrogens (tertiary/aromatic N) is 2. The molecule has 0 N–H and O–H groups in total. The molecule has 0 aliphatic heterocycles. The summed E-state index contributed by atoms with van der Waals surface area (Å²) >= 11 is 7.54. The number of hydrogen-bond donors (Lipinski definition) is 0. The molecule has 4 heteroatoms.